The second-order valence-electron chi connectivity index (χ2n) is 5.85. The van der Waals surface area contributed by atoms with E-state index in [1.807, 2.05) is 13.0 Å². The van der Waals surface area contributed by atoms with Crippen LogP contribution in [0.5, 0.6) is 5.75 Å². The highest BCUT2D eigenvalue weighted by Gasteiger charge is 2.23. The summed E-state index contributed by atoms with van der Waals surface area (Å²) in [5.74, 6) is -0.669. The molecule has 1 aromatic rings. The van der Waals surface area contributed by atoms with Gasteiger partial charge in [-0.15, -0.1) is 0 Å². The van der Waals surface area contributed by atoms with E-state index in [1.165, 1.54) is 24.3 Å². The van der Waals surface area contributed by atoms with Crippen molar-refractivity contribution in [3.05, 3.63) is 69.9 Å². The zero-order valence-electron chi connectivity index (χ0n) is 14.4. The Kier molecular flexibility index (Phi) is 4.63. The second-order valence-corrected chi connectivity index (χ2v) is 5.85. The predicted octanol–water partition coefficient (Wildman–Crippen LogP) is 4.43. The first-order valence-electron chi connectivity index (χ1n) is 8.26. The van der Waals surface area contributed by atoms with Crippen LogP contribution in [0.4, 0.5) is 0 Å². The Morgan fingerprint density at radius 1 is 1.19 bits per heavy atom. The fraction of sp³-hybridized carbons (Fsp3) is 0.143. The molecule has 0 unspecified atom stereocenters. The molecule has 0 radical (unpaired) electrons. The van der Waals surface area contributed by atoms with Crippen LogP contribution in [0.15, 0.2) is 63.3 Å². The number of hydrogen-bond donors (Lipinski definition) is 2. The summed E-state index contributed by atoms with van der Waals surface area (Å²) in [6.45, 7) is 3.60. The summed E-state index contributed by atoms with van der Waals surface area (Å²) in [5.41, 5.74) is 2.19. The molecule has 5 nitrogen and oxygen atoms in total. The van der Waals surface area contributed by atoms with Crippen molar-refractivity contribution in [2.75, 3.05) is 0 Å². The molecular weight excluding hydrogens is 332 g/mol. The Bertz CT molecular complexity index is 1090. The van der Waals surface area contributed by atoms with Crippen molar-refractivity contribution < 1.29 is 19.4 Å². The van der Waals surface area contributed by atoms with Crippen LogP contribution in [0.2, 0.25) is 0 Å². The highest BCUT2D eigenvalue weighted by atomic mass is 16.4. The molecule has 1 aliphatic carbocycles. The number of aliphatic carboxylic acids is 1. The van der Waals surface area contributed by atoms with E-state index in [1.54, 1.807) is 25.1 Å². The van der Waals surface area contributed by atoms with Crippen LogP contribution in [-0.2, 0) is 4.79 Å². The number of phenolic OH excluding ortho intramolecular Hbond substituents is 1. The van der Waals surface area contributed by atoms with E-state index in [0.29, 0.717) is 39.9 Å². The third-order valence-corrected chi connectivity index (χ3v) is 4.16. The molecular formula is C21H18O5. The Balaban J connectivity index is 2.50. The maximum Gasteiger partial charge on any atom is 0.335 e. The predicted molar refractivity (Wildman–Crippen MR) is 100 cm³/mol. The monoisotopic (exact) mass is 350 g/mol. The van der Waals surface area contributed by atoms with Crippen LogP contribution in [0.25, 0.3) is 27.9 Å². The van der Waals surface area contributed by atoms with Gasteiger partial charge >= 0.3 is 5.97 Å². The summed E-state index contributed by atoms with van der Waals surface area (Å²) in [4.78, 5) is 23.5. The molecule has 0 spiro atoms. The molecule has 0 amide bonds. The standard InChI is InChI=1S/C21H18O5/c1-3-5-15(14(4-2)21(24)25)20-16-8-6-12(22)10-18(16)26-19-11-13(23)7-9-17(19)20/h4-11,22H,3H2,1-2H3,(H,24,25)/b14-4+,15-5+. The quantitative estimate of drug-likeness (QED) is 0.413. The van der Waals surface area contributed by atoms with Crippen molar-refractivity contribution in [3.63, 3.8) is 0 Å². The highest BCUT2D eigenvalue weighted by molar-refractivity contribution is 6.11. The van der Waals surface area contributed by atoms with Crippen LogP contribution >= 0.6 is 0 Å². The first kappa shape index (κ1) is 17.5. The van der Waals surface area contributed by atoms with Crippen LogP contribution in [0, 0.1) is 0 Å². The largest absolute Gasteiger partial charge is 0.508 e. The fourth-order valence-corrected chi connectivity index (χ4v) is 3.09. The van der Waals surface area contributed by atoms with E-state index < -0.39 is 5.97 Å². The minimum atomic E-state index is -1.03. The molecule has 1 aliphatic heterocycles. The summed E-state index contributed by atoms with van der Waals surface area (Å²) < 4.78 is 5.80. The number of phenols is 1. The average molecular weight is 350 g/mol. The first-order valence-corrected chi connectivity index (χ1v) is 8.26. The van der Waals surface area contributed by atoms with Gasteiger partial charge in [-0.25, -0.2) is 4.79 Å². The lowest BCUT2D eigenvalue weighted by atomic mass is 9.88. The smallest absolute Gasteiger partial charge is 0.335 e. The molecule has 3 rings (SSSR count). The summed E-state index contributed by atoms with van der Waals surface area (Å²) in [6.07, 6.45) is 4.02. The van der Waals surface area contributed by atoms with E-state index in [0.717, 1.165) is 0 Å². The molecule has 0 saturated carbocycles. The second kappa shape index (κ2) is 6.88. The molecule has 1 heterocycles. The summed E-state index contributed by atoms with van der Waals surface area (Å²) in [5, 5.41) is 20.1. The number of fused-ring (bicyclic) bond motifs is 2. The average Bonchev–Trinajstić information content (AvgIpc) is 2.59. The van der Waals surface area contributed by atoms with Crippen molar-refractivity contribution in [2.45, 2.75) is 20.3 Å². The van der Waals surface area contributed by atoms with Gasteiger partial charge in [0.15, 0.2) is 5.43 Å². The number of carbonyl (C=O) groups is 1. The number of carboxylic acid groups (broad SMARTS) is 1. The molecule has 1 aromatic carbocycles. The molecule has 0 atom stereocenters. The number of benzene rings is 2. The molecule has 2 N–H and O–H groups in total. The molecule has 0 saturated heterocycles. The zero-order valence-corrected chi connectivity index (χ0v) is 14.4. The van der Waals surface area contributed by atoms with Gasteiger partial charge in [-0.05, 0) is 43.2 Å². The van der Waals surface area contributed by atoms with Gasteiger partial charge < -0.3 is 14.6 Å². The van der Waals surface area contributed by atoms with Crippen LogP contribution in [0.3, 0.4) is 0 Å². The lowest BCUT2D eigenvalue weighted by Gasteiger charge is -2.18. The van der Waals surface area contributed by atoms with Gasteiger partial charge in [0.05, 0.1) is 5.57 Å². The molecule has 132 valence electrons. The number of hydrogen-bond acceptors (Lipinski definition) is 4. The minimum absolute atomic E-state index is 0.0235. The lowest BCUT2D eigenvalue weighted by molar-refractivity contribution is -0.132. The van der Waals surface area contributed by atoms with Crippen molar-refractivity contribution in [1.29, 1.82) is 0 Å². The van der Waals surface area contributed by atoms with Gasteiger partial charge in [-0.2, -0.15) is 0 Å². The van der Waals surface area contributed by atoms with Crippen molar-refractivity contribution in [1.82, 2.24) is 0 Å². The van der Waals surface area contributed by atoms with E-state index in [9.17, 15) is 19.8 Å². The summed E-state index contributed by atoms with van der Waals surface area (Å²) >= 11 is 0. The molecule has 0 aromatic heterocycles. The molecule has 5 heteroatoms. The van der Waals surface area contributed by atoms with E-state index in [-0.39, 0.29) is 16.8 Å². The molecule has 0 bridgehead atoms. The normalized spacial score (nSPS) is 12.7. The van der Waals surface area contributed by atoms with Gasteiger partial charge in [0, 0.05) is 28.6 Å². The molecule has 2 aliphatic rings. The van der Waals surface area contributed by atoms with E-state index in [2.05, 4.69) is 0 Å². The van der Waals surface area contributed by atoms with Crippen LogP contribution in [0.1, 0.15) is 25.8 Å². The Morgan fingerprint density at radius 3 is 2.62 bits per heavy atom. The minimum Gasteiger partial charge on any atom is -0.508 e. The van der Waals surface area contributed by atoms with Crippen LogP contribution in [-0.4, -0.2) is 16.2 Å². The van der Waals surface area contributed by atoms with Crippen molar-refractivity contribution in [3.8, 4) is 17.1 Å². The van der Waals surface area contributed by atoms with Crippen LogP contribution < -0.4 is 5.43 Å². The van der Waals surface area contributed by atoms with Crippen molar-refractivity contribution >= 4 is 22.5 Å². The molecule has 26 heavy (non-hydrogen) atoms. The number of allylic oxidation sites excluding steroid dienone is 2. The van der Waals surface area contributed by atoms with Gasteiger partial charge in [0.2, 0.25) is 0 Å². The summed E-state index contributed by atoms with van der Waals surface area (Å²) in [7, 11) is 0. The lowest BCUT2D eigenvalue weighted by Crippen LogP contribution is -2.07. The maximum absolute atomic E-state index is 11.8. The number of aromatic hydroxyl groups is 1. The van der Waals surface area contributed by atoms with Crippen molar-refractivity contribution in [2.24, 2.45) is 0 Å². The third-order valence-electron chi connectivity index (χ3n) is 4.16. The van der Waals surface area contributed by atoms with Gasteiger partial charge in [0.1, 0.15) is 17.1 Å². The number of rotatable bonds is 4. The maximum atomic E-state index is 11.8. The first-order chi connectivity index (χ1) is 12.5. The van der Waals surface area contributed by atoms with Gasteiger partial charge in [-0.3, -0.25) is 4.79 Å². The topological polar surface area (TPSA) is 87.7 Å². The van der Waals surface area contributed by atoms with E-state index >= 15 is 0 Å². The Morgan fingerprint density at radius 2 is 1.96 bits per heavy atom. The fourth-order valence-electron chi connectivity index (χ4n) is 3.09. The highest BCUT2D eigenvalue weighted by Crippen LogP contribution is 2.40. The Hall–Kier alpha value is -3.34. The van der Waals surface area contributed by atoms with Gasteiger partial charge in [0.25, 0.3) is 0 Å². The summed E-state index contributed by atoms with van der Waals surface area (Å²) in [6, 6.07) is 9.09. The Labute approximate surface area is 149 Å². The van der Waals surface area contributed by atoms with E-state index in [4.69, 9.17) is 4.42 Å². The van der Waals surface area contributed by atoms with Gasteiger partial charge in [-0.1, -0.05) is 19.1 Å². The molecule has 0 fully saturated rings. The SMILES string of the molecule is C/C=C(C(=O)O)\C(=C/CC)c1c2ccc(=O)cc-2oc2cc(O)ccc12. The zero-order chi connectivity index (χ0) is 18.8. The number of carboxylic acids is 1. The third kappa shape index (κ3) is 2.99.